The molecule has 136 valence electrons. The summed E-state index contributed by atoms with van der Waals surface area (Å²) in [4.78, 5) is 25.6. The van der Waals surface area contributed by atoms with Gasteiger partial charge in [-0.05, 0) is 55.2 Å². The summed E-state index contributed by atoms with van der Waals surface area (Å²) < 4.78 is 4.89. The third-order valence-corrected chi connectivity index (χ3v) is 5.74. The Morgan fingerprint density at radius 1 is 1.19 bits per heavy atom. The Morgan fingerprint density at radius 3 is 2.54 bits per heavy atom. The number of hydrogen-bond donors (Lipinski definition) is 2. The standard InChI is InChI=1S/C17H14Cl2N2O3S2/c1-24-16(23)13-11-3-2-4-12(11)26-15(13)21-17(25)20-14(22)8-5-9(18)7-10(19)6-8/h5-7H,2-4H2,1H3,(H2,20,21,22,25). The molecule has 0 aliphatic heterocycles. The number of carbonyl (C=O) groups is 2. The molecule has 0 atom stereocenters. The van der Waals surface area contributed by atoms with Gasteiger partial charge in [-0.1, -0.05) is 23.2 Å². The number of thiophene rings is 1. The lowest BCUT2D eigenvalue weighted by Crippen LogP contribution is -2.34. The summed E-state index contributed by atoms with van der Waals surface area (Å²) in [7, 11) is 1.34. The van der Waals surface area contributed by atoms with E-state index in [2.05, 4.69) is 10.6 Å². The lowest BCUT2D eigenvalue weighted by atomic mass is 10.1. The number of amides is 1. The number of halogens is 2. The Labute approximate surface area is 169 Å². The van der Waals surface area contributed by atoms with Crippen molar-refractivity contribution in [3.05, 3.63) is 49.8 Å². The van der Waals surface area contributed by atoms with E-state index in [1.165, 1.54) is 36.6 Å². The van der Waals surface area contributed by atoms with E-state index in [0.29, 0.717) is 20.6 Å². The van der Waals surface area contributed by atoms with Crippen LogP contribution in [0.15, 0.2) is 18.2 Å². The van der Waals surface area contributed by atoms with Gasteiger partial charge in [-0.25, -0.2) is 4.79 Å². The van der Waals surface area contributed by atoms with Gasteiger partial charge in [0.25, 0.3) is 5.91 Å². The van der Waals surface area contributed by atoms with Gasteiger partial charge < -0.3 is 10.1 Å². The molecule has 1 aromatic heterocycles. The van der Waals surface area contributed by atoms with E-state index in [0.717, 1.165) is 29.7 Å². The maximum Gasteiger partial charge on any atom is 0.341 e. The van der Waals surface area contributed by atoms with Crippen LogP contribution in [0.25, 0.3) is 0 Å². The highest BCUT2D eigenvalue weighted by Gasteiger charge is 2.27. The molecule has 1 aliphatic rings. The van der Waals surface area contributed by atoms with Crippen molar-refractivity contribution < 1.29 is 14.3 Å². The first kappa shape index (κ1) is 19.1. The zero-order valence-electron chi connectivity index (χ0n) is 13.7. The van der Waals surface area contributed by atoms with Crippen LogP contribution in [0.4, 0.5) is 5.00 Å². The van der Waals surface area contributed by atoms with E-state index in [9.17, 15) is 9.59 Å². The summed E-state index contributed by atoms with van der Waals surface area (Å²) in [6.07, 6.45) is 2.77. The molecule has 1 aromatic carbocycles. The Hall–Kier alpha value is -1.67. The van der Waals surface area contributed by atoms with Crippen molar-refractivity contribution in [2.45, 2.75) is 19.3 Å². The highest BCUT2D eigenvalue weighted by Crippen LogP contribution is 2.39. The van der Waals surface area contributed by atoms with Crippen LogP contribution in [0.1, 0.15) is 37.6 Å². The molecule has 0 fully saturated rings. The Kier molecular flexibility index (Phi) is 5.82. The molecule has 1 heterocycles. The molecular weight excluding hydrogens is 415 g/mol. The highest BCUT2D eigenvalue weighted by atomic mass is 35.5. The van der Waals surface area contributed by atoms with Crippen molar-refractivity contribution in [1.82, 2.24) is 5.32 Å². The number of ether oxygens (including phenoxy) is 1. The number of esters is 1. The summed E-state index contributed by atoms with van der Waals surface area (Å²) in [5, 5.41) is 6.86. The first-order valence-corrected chi connectivity index (χ1v) is 9.68. The molecule has 0 unspecified atom stereocenters. The van der Waals surface area contributed by atoms with Gasteiger partial charge in [0, 0.05) is 20.5 Å². The fraction of sp³-hybridized carbons (Fsp3) is 0.235. The summed E-state index contributed by atoms with van der Waals surface area (Å²) in [6, 6.07) is 4.52. The van der Waals surface area contributed by atoms with Gasteiger partial charge in [-0.3, -0.25) is 10.1 Å². The average Bonchev–Trinajstić information content (AvgIpc) is 3.13. The van der Waals surface area contributed by atoms with Crippen LogP contribution in [0.2, 0.25) is 10.0 Å². The second-order valence-corrected chi connectivity index (χ2v) is 8.01. The van der Waals surface area contributed by atoms with Crippen molar-refractivity contribution in [3.8, 4) is 0 Å². The van der Waals surface area contributed by atoms with E-state index in [1.807, 2.05) is 0 Å². The number of methoxy groups -OCH3 is 1. The van der Waals surface area contributed by atoms with Gasteiger partial charge in [0.15, 0.2) is 5.11 Å². The molecule has 9 heteroatoms. The van der Waals surface area contributed by atoms with Crippen molar-refractivity contribution in [2.75, 3.05) is 12.4 Å². The zero-order valence-corrected chi connectivity index (χ0v) is 16.8. The summed E-state index contributed by atoms with van der Waals surface area (Å²) in [5.74, 6) is -0.863. The summed E-state index contributed by atoms with van der Waals surface area (Å²) in [5.41, 5.74) is 1.78. The SMILES string of the molecule is COC(=O)c1c(NC(=S)NC(=O)c2cc(Cl)cc(Cl)c2)sc2c1CCC2. The molecule has 0 saturated carbocycles. The maximum absolute atomic E-state index is 12.3. The number of hydrogen-bond acceptors (Lipinski definition) is 5. The summed E-state index contributed by atoms with van der Waals surface area (Å²) in [6.45, 7) is 0. The molecule has 3 rings (SSSR count). The van der Waals surface area contributed by atoms with Gasteiger partial charge in [-0.15, -0.1) is 11.3 Å². The fourth-order valence-electron chi connectivity index (χ4n) is 2.80. The van der Waals surface area contributed by atoms with Gasteiger partial charge in [0.1, 0.15) is 5.00 Å². The Morgan fingerprint density at radius 2 is 1.88 bits per heavy atom. The van der Waals surface area contributed by atoms with Crippen molar-refractivity contribution >= 4 is 68.7 Å². The third kappa shape index (κ3) is 4.01. The predicted octanol–water partition coefficient (Wildman–Crippen LogP) is 4.46. The molecule has 2 N–H and O–H groups in total. The molecule has 1 aliphatic carbocycles. The van der Waals surface area contributed by atoms with Crippen molar-refractivity contribution in [3.63, 3.8) is 0 Å². The molecule has 0 radical (unpaired) electrons. The largest absolute Gasteiger partial charge is 0.465 e. The van der Waals surface area contributed by atoms with E-state index in [1.54, 1.807) is 0 Å². The molecular formula is C17H14Cl2N2O3S2. The second kappa shape index (κ2) is 7.92. The number of carbonyl (C=O) groups excluding carboxylic acids is 2. The normalized spacial score (nSPS) is 12.4. The number of rotatable bonds is 3. The second-order valence-electron chi connectivity index (χ2n) is 5.62. The molecule has 1 amide bonds. The van der Waals surface area contributed by atoms with Crippen LogP contribution in [-0.2, 0) is 17.6 Å². The topological polar surface area (TPSA) is 67.4 Å². The first-order valence-electron chi connectivity index (χ1n) is 7.70. The number of benzene rings is 1. The number of aryl methyl sites for hydroxylation is 1. The quantitative estimate of drug-likeness (QED) is 0.557. The van der Waals surface area contributed by atoms with Gasteiger partial charge in [0.2, 0.25) is 0 Å². The lowest BCUT2D eigenvalue weighted by Gasteiger charge is -2.10. The van der Waals surface area contributed by atoms with Crippen LogP contribution >= 0.6 is 46.8 Å². The van der Waals surface area contributed by atoms with Crippen LogP contribution in [0, 0.1) is 0 Å². The van der Waals surface area contributed by atoms with E-state index in [4.69, 9.17) is 40.2 Å². The van der Waals surface area contributed by atoms with E-state index in [-0.39, 0.29) is 10.7 Å². The predicted molar refractivity (Wildman–Crippen MR) is 108 cm³/mol. The highest BCUT2D eigenvalue weighted by molar-refractivity contribution is 7.80. The minimum Gasteiger partial charge on any atom is -0.465 e. The maximum atomic E-state index is 12.3. The molecule has 2 aromatic rings. The zero-order chi connectivity index (χ0) is 18.8. The van der Waals surface area contributed by atoms with Gasteiger partial charge in [0.05, 0.1) is 12.7 Å². The number of thiocarbonyl (C=S) groups is 1. The fourth-order valence-corrected chi connectivity index (χ4v) is 4.87. The average molecular weight is 429 g/mol. The molecule has 0 bridgehead atoms. The number of anilines is 1. The minimum atomic E-state index is -0.449. The van der Waals surface area contributed by atoms with Gasteiger partial charge in [-0.2, -0.15) is 0 Å². The number of fused-ring (bicyclic) bond motifs is 1. The van der Waals surface area contributed by atoms with Crippen LogP contribution in [0.5, 0.6) is 0 Å². The molecule has 0 saturated heterocycles. The monoisotopic (exact) mass is 428 g/mol. The summed E-state index contributed by atoms with van der Waals surface area (Å²) >= 11 is 18.5. The minimum absolute atomic E-state index is 0.0798. The first-order chi connectivity index (χ1) is 12.4. The van der Waals surface area contributed by atoms with E-state index >= 15 is 0 Å². The van der Waals surface area contributed by atoms with Crippen LogP contribution in [0.3, 0.4) is 0 Å². The third-order valence-electron chi connectivity index (χ3n) is 3.89. The smallest absolute Gasteiger partial charge is 0.341 e. The van der Waals surface area contributed by atoms with Crippen LogP contribution < -0.4 is 10.6 Å². The molecule has 0 spiro atoms. The lowest BCUT2D eigenvalue weighted by molar-refractivity contribution is 0.0601. The van der Waals surface area contributed by atoms with Gasteiger partial charge >= 0.3 is 5.97 Å². The number of nitrogens with one attached hydrogen (secondary N) is 2. The van der Waals surface area contributed by atoms with Crippen LogP contribution in [-0.4, -0.2) is 24.1 Å². The van der Waals surface area contributed by atoms with Crippen molar-refractivity contribution in [2.24, 2.45) is 0 Å². The van der Waals surface area contributed by atoms with Crippen molar-refractivity contribution in [1.29, 1.82) is 0 Å². The molecule has 26 heavy (non-hydrogen) atoms. The Bertz CT molecular complexity index is 891. The Balaban J connectivity index is 1.76. The molecule has 5 nitrogen and oxygen atoms in total. The van der Waals surface area contributed by atoms with E-state index < -0.39 is 11.9 Å².